The number of imidazole rings is 1. The van der Waals surface area contributed by atoms with Crippen molar-refractivity contribution in [3.05, 3.63) is 66.9 Å². The first-order valence-electron chi connectivity index (χ1n) is 11.7. The lowest BCUT2D eigenvalue weighted by Gasteiger charge is -2.26. The fourth-order valence-electron chi connectivity index (χ4n) is 4.16. The number of nitrogens with zero attached hydrogens (tertiary/aromatic N) is 4. The van der Waals surface area contributed by atoms with Crippen LogP contribution in [0.15, 0.2) is 61.1 Å². The molecule has 3 heterocycles. The lowest BCUT2D eigenvalue weighted by Crippen LogP contribution is -2.26. The van der Waals surface area contributed by atoms with Crippen LogP contribution in [0, 0.1) is 11.7 Å². The van der Waals surface area contributed by atoms with E-state index in [4.69, 9.17) is 10.5 Å². The fraction of sp³-hybridized carbons (Fsp3) is 0.346. The molecular weight excluding hydrogens is 433 g/mol. The first kappa shape index (κ1) is 25.3. The first-order chi connectivity index (χ1) is 16.7. The maximum atomic E-state index is 14.7. The summed E-state index contributed by atoms with van der Waals surface area (Å²) in [6.45, 7) is 6.29. The molecule has 0 saturated heterocycles. The molecule has 1 fully saturated rings. The fourth-order valence-corrected chi connectivity index (χ4v) is 4.16. The number of rotatable bonds is 4. The Kier molecular flexibility index (Phi) is 9.07. The minimum Gasteiger partial charge on any atom is -0.351 e. The second-order valence-corrected chi connectivity index (χ2v) is 8.15. The van der Waals surface area contributed by atoms with Gasteiger partial charge in [-0.1, -0.05) is 51.1 Å². The molecule has 3 N–H and O–H groups in total. The first-order valence-corrected chi connectivity index (χ1v) is 11.7. The lowest BCUT2D eigenvalue weighted by atomic mass is 9.87. The number of hydrogen-bond donors (Lipinski definition) is 3. The summed E-state index contributed by atoms with van der Waals surface area (Å²) >= 11 is 0. The van der Waals surface area contributed by atoms with Crippen LogP contribution in [0.25, 0.3) is 28.2 Å². The van der Waals surface area contributed by atoms with Crippen LogP contribution in [-0.4, -0.2) is 35.9 Å². The second kappa shape index (κ2) is 12.2. The monoisotopic (exact) mass is 465 g/mol. The van der Waals surface area contributed by atoms with Gasteiger partial charge in [0.05, 0.1) is 18.1 Å². The highest BCUT2D eigenvalue weighted by Crippen LogP contribution is 2.28. The molecule has 0 amide bonds. The summed E-state index contributed by atoms with van der Waals surface area (Å²) in [6.07, 6.45) is 9.46. The summed E-state index contributed by atoms with van der Waals surface area (Å²) in [5.74, 6) is 0.787. The minimum absolute atomic E-state index is 0.259. The van der Waals surface area contributed by atoms with E-state index in [1.807, 2.05) is 54.8 Å². The molecule has 180 valence electrons. The van der Waals surface area contributed by atoms with E-state index in [9.17, 15) is 4.39 Å². The van der Waals surface area contributed by atoms with Gasteiger partial charge in [0, 0.05) is 12.2 Å². The van der Waals surface area contributed by atoms with Crippen LogP contribution in [0.4, 0.5) is 10.3 Å². The summed E-state index contributed by atoms with van der Waals surface area (Å²) in [7, 11) is 0. The number of nitrogens with one attached hydrogen (secondary N) is 1. The second-order valence-electron chi connectivity index (χ2n) is 8.15. The van der Waals surface area contributed by atoms with Crippen molar-refractivity contribution < 1.29 is 14.9 Å². The zero-order valence-electron chi connectivity index (χ0n) is 19.8. The van der Waals surface area contributed by atoms with Crippen molar-refractivity contribution in [2.24, 2.45) is 5.92 Å². The van der Waals surface area contributed by atoms with E-state index in [0.29, 0.717) is 17.7 Å². The van der Waals surface area contributed by atoms with Gasteiger partial charge in [0.15, 0.2) is 5.82 Å². The molecule has 0 aliphatic heterocycles. The third kappa shape index (κ3) is 5.76. The largest absolute Gasteiger partial charge is 0.351 e. The number of hydrogen-bond acceptors (Lipinski definition) is 6. The maximum absolute atomic E-state index is 14.7. The zero-order valence-corrected chi connectivity index (χ0v) is 19.8. The lowest BCUT2D eigenvalue weighted by molar-refractivity contribution is -0.176. The Morgan fingerprint density at radius 1 is 0.912 bits per heavy atom. The molecule has 4 aromatic rings. The van der Waals surface area contributed by atoms with E-state index in [2.05, 4.69) is 39.3 Å². The van der Waals surface area contributed by atoms with Crippen LogP contribution in [-0.2, 0) is 0 Å². The molecule has 5 rings (SSSR count). The highest BCUT2D eigenvalue weighted by Gasteiger charge is 2.20. The Balaban J connectivity index is 0.000000771. The maximum Gasteiger partial charge on any atom is 0.223 e. The molecular formula is C26H32FN5O2. The van der Waals surface area contributed by atoms with Gasteiger partial charge in [0.1, 0.15) is 11.3 Å². The highest BCUT2D eigenvalue weighted by atomic mass is 19.1. The number of aromatic nitrogens is 4. The summed E-state index contributed by atoms with van der Waals surface area (Å²) in [4.78, 5) is 13.1. The van der Waals surface area contributed by atoms with Crippen molar-refractivity contribution in [1.29, 1.82) is 0 Å². The average Bonchev–Trinajstić information content (AvgIpc) is 3.32. The van der Waals surface area contributed by atoms with E-state index in [1.54, 1.807) is 6.20 Å². The third-order valence-corrected chi connectivity index (χ3v) is 5.95. The van der Waals surface area contributed by atoms with Crippen molar-refractivity contribution in [2.45, 2.75) is 52.5 Å². The van der Waals surface area contributed by atoms with Crippen molar-refractivity contribution >= 4 is 11.6 Å². The van der Waals surface area contributed by atoms with E-state index in [1.165, 1.54) is 19.0 Å². The number of halogens is 1. The van der Waals surface area contributed by atoms with Gasteiger partial charge in [-0.3, -0.25) is 14.9 Å². The van der Waals surface area contributed by atoms with Gasteiger partial charge in [-0.2, -0.15) is 0 Å². The highest BCUT2D eigenvalue weighted by molar-refractivity contribution is 5.68. The van der Waals surface area contributed by atoms with Gasteiger partial charge >= 0.3 is 0 Å². The van der Waals surface area contributed by atoms with Gasteiger partial charge in [-0.15, -0.1) is 0 Å². The van der Waals surface area contributed by atoms with Crippen LogP contribution in [0.2, 0.25) is 0 Å². The topological polar surface area (TPSA) is 95.6 Å². The summed E-state index contributed by atoms with van der Waals surface area (Å²) in [6, 6.07) is 14.4. The molecule has 1 aromatic carbocycles. The van der Waals surface area contributed by atoms with Gasteiger partial charge in [0.25, 0.3) is 0 Å². The van der Waals surface area contributed by atoms with Gasteiger partial charge < -0.3 is 5.32 Å². The van der Waals surface area contributed by atoms with Crippen LogP contribution >= 0.6 is 0 Å². The molecule has 3 aromatic heterocycles. The Morgan fingerprint density at radius 2 is 1.62 bits per heavy atom. The van der Waals surface area contributed by atoms with Gasteiger partial charge in [-0.25, -0.2) is 19.3 Å². The molecule has 0 radical (unpaired) electrons. The number of fused-ring (bicyclic) bond motifs is 1. The zero-order chi connectivity index (χ0) is 24.5. The average molecular weight is 466 g/mol. The predicted molar refractivity (Wildman–Crippen MR) is 133 cm³/mol. The minimum atomic E-state index is -0.454. The van der Waals surface area contributed by atoms with E-state index in [-0.39, 0.29) is 5.69 Å². The normalized spacial score (nSPS) is 17.2. The van der Waals surface area contributed by atoms with Crippen molar-refractivity contribution in [1.82, 2.24) is 19.4 Å². The number of anilines is 1. The molecule has 1 aliphatic rings. The standard InChI is InChI=1S/C24H24FN5.C2H6.H2O2/c1-16-7-10-19(11-8-16)28-24-27-13-20(25)23(29-24)21-14-26-22-12-9-18(15-30(21)22)17-5-3-2-4-6-17;2*1-2/h2-6,9,12-16,19H,7-8,10-11H2,1H3,(H,27,28,29);1-2H3;1-2H. The predicted octanol–water partition coefficient (Wildman–Crippen LogP) is 6.63. The Morgan fingerprint density at radius 3 is 2.32 bits per heavy atom. The van der Waals surface area contributed by atoms with Crippen molar-refractivity contribution in [2.75, 3.05) is 5.32 Å². The third-order valence-electron chi connectivity index (χ3n) is 5.95. The van der Waals surface area contributed by atoms with E-state index >= 15 is 0 Å². The van der Waals surface area contributed by atoms with Crippen LogP contribution in [0.1, 0.15) is 46.5 Å². The summed E-state index contributed by atoms with van der Waals surface area (Å²) in [5, 5.41) is 15.4. The molecule has 1 saturated carbocycles. The molecule has 7 nitrogen and oxygen atoms in total. The Labute approximate surface area is 199 Å². The number of pyridine rings is 1. The molecule has 0 bridgehead atoms. The summed E-state index contributed by atoms with van der Waals surface area (Å²) < 4.78 is 16.6. The van der Waals surface area contributed by atoms with Gasteiger partial charge in [0.2, 0.25) is 5.95 Å². The molecule has 8 heteroatoms. The van der Waals surface area contributed by atoms with Crippen LogP contribution < -0.4 is 5.32 Å². The molecule has 1 aliphatic carbocycles. The Hall–Kier alpha value is -3.36. The summed E-state index contributed by atoms with van der Waals surface area (Å²) in [5.41, 5.74) is 3.75. The number of benzene rings is 1. The Bertz CT molecular complexity index is 1170. The SMILES string of the molecule is CC.CC1CCC(Nc2ncc(F)c(-c3cnc4ccc(-c5ccccc5)cn34)n2)CC1.OO. The molecule has 0 unspecified atom stereocenters. The smallest absolute Gasteiger partial charge is 0.223 e. The molecule has 0 atom stereocenters. The van der Waals surface area contributed by atoms with E-state index < -0.39 is 5.82 Å². The van der Waals surface area contributed by atoms with Crippen LogP contribution in [0.5, 0.6) is 0 Å². The van der Waals surface area contributed by atoms with Crippen molar-refractivity contribution in [3.8, 4) is 22.5 Å². The quantitative estimate of drug-likeness (QED) is 0.231. The van der Waals surface area contributed by atoms with E-state index in [0.717, 1.165) is 35.5 Å². The molecule has 0 spiro atoms. The van der Waals surface area contributed by atoms with Gasteiger partial charge in [-0.05, 0) is 54.9 Å². The molecule has 34 heavy (non-hydrogen) atoms. The van der Waals surface area contributed by atoms with Crippen LogP contribution in [0.3, 0.4) is 0 Å². The van der Waals surface area contributed by atoms with Crippen molar-refractivity contribution in [3.63, 3.8) is 0 Å².